The fourth-order valence-electron chi connectivity index (χ4n) is 2.67. The molecule has 1 heterocycles. The van der Waals surface area contributed by atoms with Gasteiger partial charge >= 0.3 is 5.97 Å². The molecule has 5 nitrogen and oxygen atoms in total. The van der Waals surface area contributed by atoms with E-state index in [0.717, 1.165) is 6.42 Å². The summed E-state index contributed by atoms with van der Waals surface area (Å²) < 4.78 is 0. The lowest BCUT2D eigenvalue weighted by molar-refractivity contribution is 0.0698. The normalized spacial score (nSPS) is 21.9. The summed E-state index contributed by atoms with van der Waals surface area (Å²) in [6.45, 7) is 4.47. The number of aromatic nitrogens is 1. The maximum absolute atomic E-state index is 11.1. The lowest BCUT2D eigenvalue weighted by Crippen LogP contribution is -2.39. The average molecular weight is 263 g/mol. The quantitative estimate of drug-likeness (QED) is 0.780. The number of nitrogen functional groups attached to an aromatic ring is 1. The number of nitrogens with two attached hydrogens (primary N) is 1. The largest absolute Gasteiger partial charge is 0.478 e. The van der Waals surface area contributed by atoms with E-state index in [1.807, 2.05) is 0 Å². The van der Waals surface area contributed by atoms with Crippen molar-refractivity contribution < 1.29 is 9.90 Å². The Morgan fingerprint density at radius 2 is 2.26 bits per heavy atom. The van der Waals surface area contributed by atoms with Crippen molar-refractivity contribution in [2.24, 2.45) is 5.41 Å². The minimum absolute atomic E-state index is 0.103. The summed E-state index contributed by atoms with van der Waals surface area (Å²) >= 11 is 0. The molecule has 19 heavy (non-hydrogen) atoms. The number of aromatic carboxylic acids is 1. The van der Waals surface area contributed by atoms with E-state index in [2.05, 4.69) is 24.1 Å². The third-order valence-electron chi connectivity index (χ3n) is 3.99. The molecule has 1 atom stereocenters. The summed E-state index contributed by atoms with van der Waals surface area (Å²) in [7, 11) is 0. The summed E-state index contributed by atoms with van der Waals surface area (Å²) in [5.74, 6) is -0.433. The fraction of sp³-hybridized carbons (Fsp3) is 0.571. The molecule has 0 radical (unpaired) electrons. The summed E-state index contributed by atoms with van der Waals surface area (Å²) in [4.78, 5) is 15.2. The molecule has 1 aliphatic carbocycles. The van der Waals surface area contributed by atoms with Crippen molar-refractivity contribution in [1.82, 2.24) is 4.98 Å². The number of carbonyl (C=O) groups is 1. The number of nitrogens with one attached hydrogen (secondary N) is 1. The highest BCUT2D eigenvalue weighted by Gasteiger charge is 2.32. The number of anilines is 2. The molecule has 0 aromatic carbocycles. The van der Waals surface area contributed by atoms with Crippen LogP contribution in [0.2, 0.25) is 0 Å². The first-order valence-corrected chi connectivity index (χ1v) is 6.65. The Kier molecular flexibility index (Phi) is 3.64. The first-order chi connectivity index (χ1) is 8.90. The highest BCUT2D eigenvalue weighted by molar-refractivity contribution is 5.94. The van der Waals surface area contributed by atoms with Crippen LogP contribution >= 0.6 is 0 Å². The van der Waals surface area contributed by atoms with Gasteiger partial charge in [0.25, 0.3) is 0 Å². The number of nitrogens with zero attached hydrogens (tertiary/aromatic N) is 1. The highest BCUT2D eigenvalue weighted by Crippen LogP contribution is 2.37. The molecular weight excluding hydrogens is 242 g/mol. The van der Waals surface area contributed by atoms with Gasteiger partial charge in [0.1, 0.15) is 5.82 Å². The van der Waals surface area contributed by atoms with E-state index >= 15 is 0 Å². The second-order valence-electron chi connectivity index (χ2n) is 5.89. The second-order valence-corrected chi connectivity index (χ2v) is 5.89. The monoisotopic (exact) mass is 263 g/mol. The Hall–Kier alpha value is -1.78. The molecule has 0 spiro atoms. The van der Waals surface area contributed by atoms with Crippen LogP contribution in [0.4, 0.5) is 11.5 Å². The molecule has 5 heteroatoms. The topological polar surface area (TPSA) is 88.2 Å². The van der Waals surface area contributed by atoms with Crippen LogP contribution in [0, 0.1) is 5.41 Å². The molecule has 0 bridgehead atoms. The van der Waals surface area contributed by atoms with Crippen molar-refractivity contribution in [2.45, 2.75) is 45.6 Å². The molecule has 0 aliphatic heterocycles. The van der Waals surface area contributed by atoms with Crippen LogP contribution < -0.4 is 11.1 Å². The molecular formula is C14H21N3O2. The zero-order valence-electron chi connectivity index (χ0n) is 11.4. The van der Waals surface area contributed by atoms with Gasteiger partial charge in [-0.1, -0.05) is 26.7 Å². The molecule has 2 rings (SSSR count). The van der Waals surface area contributed by atoms with E-state index in [-0.39, 0.29) is 16.7 Å². The van der Waals surface area contributed by atoms with Gasteiger partial charge < -0.3 is 16.2 Å². The third-order valence-corrected chi connectivity index (χ3v) is 3.99. The molecule has 0 amide bonds. The summed E-state index contributed by atoms with van der Waals surface area (Å²) in [6, 6.07) is 1.83. The van der Waals surface area contributed by atoms with Crippen LogP contribution in [0.15, 0.2) is 12.3 Å². The predicted molar refractivity (Wildman–Crippen MR) is 75.3 cm³/mol. The van der Waals surface area contributed by atoms with Crippen molar-refractivity contribution >= 4 is 17.5 Å². The highest BCUT2D eigenvalue weighted by atomic mass is 16.4. The van der Waals surface area contributed by atoms with Crippen LogP contribution in [0.3, 0.4) is 0 Å². The Balaban J connectivity index is 2.19. The van der Waals surface area contributed by atoms with Gasteiger partial charge in [0.2, 0.25) is 0 Å². The second kappa shape index (κ2) is 5.07. The Bertz CT molecular complexity index is 486. The van der Waals surface area contributed by atoms with Gasteiger partial charge in [0.05, 0.1) is 17.4 Å². The first kappa shape index (κ1) is 13.6. The lowest BCUT2D eigenvalue weighted by atomic mass is 9.73. The lowest BCUT2D eigenvalue weighted by Gasteiger charge is -2.39. The van der Waals surface area contributed by atoms with Crippen LogP contribution in [0.25, 0.3) is 0 Å². The van der Waals surface area contributed by atoms with Gasteiger partial charge in [-0.25, -0.2) is 9.78 Å². The molecule has 1 aromatic heterocycles. The van der Waals surface area contributed by atoms with Gasteiger partial charge in [0.15, 0.2) is 0 Å². The minimum Gasteiger partial charge on any atom is -0.478 e. The zero-order chi connectivity index (χ0) is 14.0. The minimum atomic E-state index is -1.02. The van der Waals surface area contributed by atoms with E-state index in [1.54, 1.807) is 0 Å². The van der Waals surface area contributed by atoms with Gasteiger partial charge in [0, 0.05) is 6.04 Å². The van der Waals surface area contributed by atoms with Crippen LogP contribution in [0.1, 0.15) is 49.9 Å². The van der Waals surface area contributed by atoms with Crippen LogP contribution in [-0.2, 0) is 0 Å². The smallest absolute Gasteiger partial charge is 0.337 e. The number of hydrogen-bond acceptors (Lipinski definition) is 4. The average Bonchev–Trinajstić information content (AvgIpc) is 2.33. The molecule has 0 saturated heterocycles. The molecule has 104 valence electrons. The van der Waals surface area contributed by atoms with E-state index in [0.29, 0.717) is 11.9 Å². The van der Waals surface area contributed by atoms with Crippen molar-refractivity contribution in [3.63, 3.8) is 0 Å². The summed E-state index contributed by atoms with van der Waals surface area (Å²) in [5.41, 5.74) is 6.10. The molecule has 4 N–H and O–H groups in total. The molecule has 1 unspecified atom stereocenters. The predicted octanol–water partition coefficient (Wildman–Crippen LogP) is 2.74. The number of carboxylic acid groups (broad SMARTS) is 1. The maximum Gasteiger partial charge on any atom is 0.337 e. The molecule has 1 aliphatic rings. The van der Waals surface area contributed by atoms with Gasteiger partial charge in [-0.3, -0.25) is 0 Å². The van der Waals surface area contributed by atoms with Crippen molar-refractivity contribution in [3.05, 3.63) is 17.8 Å². The van der Waals surface area contributed by atoms with E-state index in [9.17, 15) is 4.79 Å². The number of rotatable bonds is 3. The zero-order valence-corrected chi connectivity index (χ0v) is 11.4. The van der Waals surface area contributed by atoms with Crippen molar-refractivity contribution in [2.75, 3.05) is 11.1 Å². The van der Waals surface area contributed by atoms with Gasteiger partial charge in [-0.15, -0.1) is 0 Å². The van der Waals surface area contributed by atoms with Gasteiger partial charge in [-0.2, -0.15) is 0 Å². The van der Waals surface area contributed by atoms with Crippen LogP contribution in [0.5, 0.6) is 0 Å². The van der Waals surface area contributed by atoms with E-state index in [4.69, 9.17) is 10.8 Å². The van der Waals surface area contributed by atoms with Gasteiger partial charge in [-0.05, 0) is 24.3 Å². The summed E-state index contributed by atoms with van der Waals surface area (Å²) in [6.07, 6.45) is 6.11. The Morgan fingerprint density at radius 3 is 2.89 bits per heavy atom. The van der Waals surface area contributed by atoms with Crippen LogP contribution in [-0.4, -0.2) is 22.1 Å². The standard InChI is InChI=1S/C14H21N3O2/c1-14(2)6-4-3-5-11(14)17-12-7-9(13(18)19)10(15)8-16-12/h7-8,11H,3-6,15H2,1-2H3,(H,16,17)(H,18,19). The number of carboxylic acids is 1. The number of pyridine rings is 1. The fourth-order valence-corrected chi connectivity index (χ4v) is 2.67. The maximum atomic E-state index is 11.1. The molecule has 1 saturated carbocycles. The SMILES string of the molecule is CC1(C)CCCCC1Nc1cc(C(=O)O)c(N)cn1. The molecule has 1 aromatic rings. The van der Waals surface area contributed by atoms with E-state index in [1.165, 1.54) is 31.5 Å². The van der Waals surface area contributed by atoms with Crippen molar-refractivity contribution in [1.29, 1.82) is 0 Å². The molecule has 1 fully saturated rings. The van der Waals surface area contributed by atoms with Crippen molar-refractivity contribution in [3.8, 4) is 0 Å². The first-order valence-electron chi connectivity index (χ1n) is 6.65. The third kappa shape index (κ3) is 2.97. The van der Waals surface area contributed by atoms with E-state index < -0.39 is 5.97 Å². The number of hydrogen-bond donors (Lipinski definition) is 3. The summed E-state index contributed by atoms with van der Waals surface area (Å²) in [5, 5.41) is 12.4. The Labute approximate surface area is 113 Å². The Morgan fingerprint density at radius 1 is 1.53 bits per heavy atom.